The van der Waals surface area contributed by atoms with Crippen molar-refractivity contribution in [2.24, 2.45) is 5.92 Å². The van der Waals surface area contributed by atoms with Crippen LogP contribution in [0.15, 0.2) is 66.7 Å². The first-order chi connectivity index (χ1) is 15.5. The molecule has 0 radical (unpaired) electrons. The third kappa shape index (κ3) is 5.06. The molecule has 0 aliphatic carbocycles. The van der Waals surface area contributed by atoms with Crippen molar-refractivity contribution in [3.63, 3.8) is 0 Å². The molecule has 1 heterocycles. The van der Waals surface area contributed by atoms with E-state index in [1.54, 1.807) is 55.6 Å². The first-order valence-electron chi connectivity index (χ1n) is 10.2. The molecule has 1 aliphatic heterocycles. The number of nitrogens with one attached hydrogen (secondary N) is 2. The van der Waals surface area contributed by atoms with Crippen molar-refractivity contribution in [3.05, 3.63) is 89.2 Å². The topological polar surface area (TPSA) is 76.7 Å². The smallest absolute Gasteiger partial charge is 0.255 e. The minimum atomic E-state index is -0.351. The number of hydrogen-bond donors (Lipinski definition) is 2. The molecular weight excluding hydrogens is 411 g/mol. The van der Waals surface area contributed by atoms with Crippen LogP contribution in [0.3, 0.4) is 0 Å². The zero-order chi connectivity index (χ0) is 22.5. The van der Waals surface area contributed by atoms with Crippen LogP contribution in [0, 0.1) is 11.7 Å². The second-order valence-corrected chi connectivity index (χ2v) is 7.56. The van der Waals surface area contributed by atoms with Crippen molar-refractivity contribution in [1.82, 2.24) is 5.32 Å². The first-order valence-corrected chi connectivity index (χ1v) is 10.2. The highest BCUT2D eigenvalue weighted by Crippen LogP contribution is 2.30. The van der Waals surface area contributed by atoms with Crippen LogP contribution in [0.2, 0.25) is 0 Å². The van der Waals surface area contributed by atoms with Gasteiger partial charge in [-0.05, 0) is 72.1 Å². The number of ether oxygens (including phenoxy) is 2. The van der Waals surface area contributed by atoms with E-state index in [2.05, 4.69) is 10.6 Å². The summed E-state index contributed by atoms with van der Waals surface area (Å²) in [6.07, 6.45) is 0.497. The molecule has 2 N–H and O–H groups in total. The standard InChI is InChI=1S/C25H23FN2O4/c1-31-22-9-4-17(5-10-22)25(30)28-21-8-11-23-18(13-21)12-19(15-32-23)24(29)27-14-16-2-6-20(26)7-3-16/h2-11,13,19H,12,14-15H2,1H3,(H,27,29)(H,28,30)/t19-/m0/s1. The van der Waals surface area contributed by atoms with Crippen molar-refractivity contribution >= 4 is 17.5 Å². The number of halogens is 1. The van der Waals surface area contributed by atoms with Crippen LogP contribution in [-0.2, 0) is 17.8 Å². The summed E-state index contributed by atoms with van der Waals surface area (Å²) < 4.78 is 23.9. The molecular formula is C25H23FN2O4. The molecule has 0 bridgehead atoms. The normalized spacial score (nSPS) is 14.6. The highest BCUT2D eigenvalue weighted by molar-refractivity contribution is 6.04. The van der Waals surface area contributed by atoms with Gasteiger partial charge in [-0.3, -0.25) is 9.59 Å². The molecule has 0 unspecified atom stereocenters. The van der Waals surface area contributed by atoms with Gasteiger partial charge in [-0.2, -0.15) is 0 Å². The van der Waals surface area contributed by atoms with Gasteiger partial charge >= 0.3 is 0 Å². The summed E-state index contributed by atoms with van der Waals surface area (Å²) in [5.74, 6) is 0.347. The largest absolute Gasteiger partial charge is 0.497 e. The van der Waals surface area contributed by atoms with E-state index in [1.807, 2.05) is 6.07 Å². The van der Waals surface area contributed by atoms with E-state index < -0.39 is 0 Å². The van der Waals surface area contributed by atoms with Gasteiger partial charge in [0.2, 0.25) is 5.91 Å². The fraction of sp³-hybridized carbons (Fsp3) is 0.200. The molecule has 0 spiro atoms. The van der Waals surface area contributed by atoms with Crippen molar-refractivity contribution < 1.29 is 23.5 Å². The minimum absolute atomic E-state index is 0.132. The maximum absolute atomic E-state index is 13.0. The average Bonchev–Trinajstić information content (AvgIpc) is 2.83. The van der Waals surface area contributed by atoms with Crippen molar-refractivity contribution in [3.8, 4) is 11.5 Å². The number of benzene rings is 3. The van der Waals surface area contributed by atoms with Gasteiger partial charge in [0.1, 0.15) is 23.9 Å². The lowest BCUT2D eigenvalue weighted by Crippen LogP contribution is -2.37. The number of methoxy groups -OCH3 is 1. The summed E-state index contributed by atoms with van der Waals surface area (Å²) in [6, 6.07) is 18.2. The Hall–Kier alpha value is -3.87. The summed E-state index contributed by atoms with van der Waals surface area (Å²) >= 11 is 0. The lowest BCUT2D eigenvalue weighted by molar-refractivity contribution is -0.126. The number of amides is 2. The zero-order valence-corrected chi connectivity index (χ0v) is 17.6. The first kappa shape index (κ1) is 21.4. The van der Waals surface area contributed by atoms with E-state index in [1.165, 1.54) is 12.1 Å². The van der Waals surface area contributed by atoms with Crippen molar-refractivity contribution in [1.29, 1.82) is 0 Å². The van der Waals surface area contributed by atoms with Gasteiger partial charge in [0.15, 0.2) is 0 Å². The Labute approximate surface area is 185 Å². The van der Waals surface area contributed by atoms with Crippen molar-refractivity contribution in [2.45, 2.75) is 13.0 Å². The van der Waals surface area contributed by atoms with E-state index in [9.17, 15) is 14.0 Å². The van der Waals surface area contributed by atoms with E-state index in [4.69, 9.17) is 9.47 Å². The molecule has 3 aromatic rings. The highest BCUT2D eigenvalue weighted by atomic mass is 19.1. The molecule has 7 heteroatoms. The lowest BCUT2D eigenvalue weighted by atomic mass is 9.95. The maximum Gasteiger partial charge on any atom is 0.255 e. The Morgan fingerprint density at radius 1 is 1.06 bits per heavy atom. The third-order valence-electron chi connectivity index (χ3n) is 5.33. The van der Waals surface area contributed by atoms with E-state index >= 15 is 0 Å². The molecule has 0 saturated heterocycles. The number of carbonyl (C=O) groups excluding carboxylic acids is 2. The van der Waals surface area contributed by atoms with E-state index in [-0.39, 0.29) is 30.2 Å². The van der Waals surface area contributed by atoms with Gasteiger partial charge < -0.3 is 20.1 Å². The molecule has 32 heavy (non-hydrogen) atoms. The third-order valence-corrected chi connectivity index (χ3v) is 5.33. The van der Waals surface area contributed by atoms with Crippen LogP contribution >= 0.6 is 0 Å². The molecule has 1 aliphatic rings. The van der Waals surface area contributed by atoms with Gasteiger partial charge in [0.05, 0.1) is 13.0 Å². The minimum Gasteiger partial charge on any atom is -0.497 e. The maximum atomic E-state index is 13.0. The Bertz CT molecular complexity index is 1110. The number of rotatable bonds is 6. The molecule has 3 aromatic carbocycles. The summed E-state index contributed by atoms with van der Waals surface area (Å²) in [5.41, 5.74) is 2.81. The highest BCUT2D eigenvalue weighted by Gasteiger charge is 2.26. The Morgan fingerprint density at radius 3 is 2.53 bits per heavy atom. The number of hydrogen-bond acceptors (Lipinski definition) is 4. The van der Waals surface area contributed by atoms with Gasteiger partial charge in [-0.25, -0.2) is 4.39 Å². The van der Waals surface area contributed by atoms with Crippen molar-refractivity contribution in [2.75, 3.05) is 19.0 Å². The van der Waals surface area contributed by atoms with Crippen LogP contribution in [0.25, 0.3) is 0 Å². The number of carbonyl (C=O) groups is 2. The molecule has 0 saturated carbocycles. The number of anilines is 1. The number of fused-ring (bicyclic) bond motifs is 1. The van der Waals surface area contributed by atoms with Gasteiger partial charge in [0.25, 0.3) is 5.91 Å². The molecule has 0 fully saturated rings. The van der Waals surface area contributed by atoms with Gasteiger partial charge in [-0.1, -0.05) is 12.1 Å². The Balaban J connectivity index is 1.38. The van der Waals surface area contributed by atoms with E-state index in [0.717, 1.165) is 11.1 Å². The second kappa shape index (κ2) is 9.51. The predicted octanol–water partition coefficient (Wildman–Crippen LogP) is 3.95. The summed E-state index contributed by atoms with van der Waals surface area (Å²) in [4.78, 5) is 25.1. The molecule has 0 aromatic heterocycles. The predicted molar refractivity (Wildman–Crippen MR) is 118 cm³/mol. The average molecular weight is 434 g/mol. The quantitative estimate of drug-likeness (QED) is 0.616. The van der Waals surface area contributed by atoms with Crippen LogP contribution in [0.5, 0.6) is 11.5 Å². The summed E-state index contributed by atoms with van der Waals surface area (Å²) in [5, 5.41) is 5.75. The van der Waals surface area contributed by atoms with Crippen LogP contribution in [0.4, 0.5) is 10.1 Å². The molecule has 2 amide bonds. The zero-order valence-electron chi connectivity index (χ0n) is 17.6. The molecule has 4 rings (SSSR count). The second-order valence-electron chi connectivity index (χ2n) is 7.56. The lowest BCUT2D eigenvalue weighted by Gasteiger charge is -2.25. The summed E-state index contributed by atoms with van der Waals surface area (Å²) in [6.45, 7) is 0.597. The molecule has 1 atom stereocenters. The van der Waals surface area contributed by atoms with Crippen LogP contribution in [-0.4, -0.2) is 25.5 Å². The Morgan fingerprint density at radius 2 is 1.81 bits per heavy atom. The van der Waals surface area contributed by atoms with Gasteiger partial charge in [0, 0.05) is 17.8 Å². The van der Waals surface area contributed by atoms with Gasteiger partial charge in [-0.15, -0.1) is 0 Å². The Kier molecular flexibility index (Phi) is 6.35. The monoisotopic (exact) mass is 434 g/mol. The fourth-order valence-electron chi connectivity index (χ4n) is 3.52. The molecule has 6 nitrogen and oxygen atoms in total. The van der Waals surface area contributed by atoms with E-state index in [0.29, 0.717) is 35.7 Å². The SMILES string of the molecule is COc1ccc(C(=O)Nc2ccc3c(c2)C[C@H](C(=O)NCc2ccc(F)cc2)CO3)cc1. The summed E-state index contributed by atoms with van der Waals surface area (Å²) in [7, 11) is 1.57. The molecule has 164 valence electrons. The van der Waals surface area contributed by atoms with Crippen LogP contribution < -0.4 is 20.1 Å². The van der Waals surface area contributed by atoms with Crippen LogP contribution in [0.1, 0.15) is 21.5 Å². The fourth-order valence-corrected chi connectivity index (χ4v) is 3.52.